The summed E-state index contributed by atoms with van der Waals surface area (Å²) in [5.74, 6) is -0.0384. The molecule has 1 aromatic carbocycles. The molecule has 9 heteroatoms. The normalized spacial score (nSPS) is 20.1. The maximum Gasteiger partial charge on any atom is 0.280 e. The van der Waals surface area contributed by atoms with Crippen LogP contribution < -0.4 is 5.73 Å². The number of amidine groups is 1. The number of carbonyl (C=O) groups is 1. The fourth-order valence-corrected chi connectivity index (χ4v) is 4.65. The zero-order chi connectivity index (χ0) is 21.1. The van der Waals surface area contributed by atoms with Crippen molar-refractivity contribution in [3.8, 4) is 0 Å². The first-order chi connectivity index (χ1) is 14.6. The Kier molecular flexibility index (Phi) is 6.55. The summed E-state index contributed by atoms with van der Waals surface area (Å²) in [6.07, 6.45) is 5.76. The molecule has 7 nitrogen and oxygen atoms in total. The molecule has 0 radical (unpaired) electrons. The Hall–Kier alpha value is -2.16. The summed E-state index contributed by atoms with van der Waals surface area (Å²) in [5, 5.41) is 1.36. The van der Waals surface area contributed by atoms with Crippen LogP contribution in [0.5, 0.6) is 0 Å². The zero-order valence-electron chi connectivity index (χ0n) is 16.8. The number of amides is 1. The number of rotatable bonds is 3. The SMILES string of the molecule is CSC1=NC(c2ccc(Cl)cc2)CCN1C(=O)c1ncnc(C2CCOCC2)c1N. The van der Waals surface area contributed by atoms with Crippen molar-refractivity contribution < 1.29 is 9.53 Å². The minimum atomic E-state index is -0.231. The summed E-state index contributed by atoms with van der Waals surface area (Å²) in [5.41, 5.74) is 8.82. The second kappa shape index (κ2) is 9.32. The minimum absolute atomic E-state index is 0.00527. The van der Waals surface area contributed by atoms with E-state index in [2.05, 4.69) is 9.97 Å². The van der Waals surface area contributed by atoms with Gasteiger partial charge in [0.15, 0.2) is 10.9 Å². The molecular weight excluding hydrogens is 422 g/mol. The van der Waals surface area contributed by atoms with Gasteiger partial charge < -0.3 is 10.5 Å². The second-order valence-electron chi connectivity index (χ2n) is 7.34. The molecule has 2 aromatic rings. The van der Waals surface area contributed by atoms with Gasteiger partial charge in [-0.1, -0.05) is 35.5 Å². The molecule has 4 rings (SSSR count). The van der Waals surface area contributed by atoms with Crippen molar-refractivity contribution in [1.82, 2.24) is 14.9 Å². The Morgan fingerprint density at radius 1 is 1.20 bits per heavy atom. The van der Waals surface area contributed by atoms with E-state index < -0.39 is 0 Å². The highest BCUT2D eigenvalue weighted by Crippen LogP contribution is 2.33. The third-order valence-electron chi connectivity index (χ3n) is 5.53. The van der Waals surface area contributed by atoms with Crippen molar-refractivity contribution in [1.29, 1.82) is 0 Å². The molecule has 0 aliphatic carbocycles. The molecule has 2 N–H and O–H groups in total. The zero-order valence-corrected chi connectivity index (χ0v) is 18.3. The molecule has 1 fully saturated rings. The van der Waals surface area contributed by atoms with Crippen LogP contribution in [0.15, 0.2) is 35.6 Å². The number of thioether (sulfide) groups is 1. The third-order valence-corrected chi connectivity index (χ3v) is 6.47. The number of ether oxygens (including phenoxy) is 1. The van der Waals surface area contributed by atoms with Crippen LogP contribution in [-0.4, -0.2) is 52.0 Å². The monoisotopic (exact) mass is 445 g/mol. The highest BCUT2D eigenvalue weighted by molar-refractivity contribution is 8.13. The molecular formula is C21H24ClN5O2S. The Balaban J connectivity index is 1.59. The highest BCUT2D eigenvalue weighted by atomic mass is 35.5. The fraction of sp³-hybridized carbons (Fsp3) is 0.429. The van der Waals surface area contributed by atoms with Gasteiger partial charge in [-0.05, 0) is 43.2 Å². The largest absolute Gasteiger partial charge is 0.395 e. The quantitative estimate of drug-likeness (QED) is 0.769. The van der Waals surface area contributed by atoms with Gasteiger partial charge in [-0.15, -0.1) is 0 Å². The van der Waals surface area contributed by atoms with Crippen molar-refractivity contribution >= 4 is 40.1 Å². The number of nitrogens with zero attached hydrogens (tertiary/aromatic N) is 4. The number of anilines is 1. The van der Waals surface area contributed by atoms with Gasteiger partial charge in [-0.25, -0.2) is 9.97 Å². The first kappa shape index (κ1) is 21.1. The minimum Gasteiger partial charge on any atom is -0.395 e. The van der Waals surface area contributed by atoms with Crippen LogP contribution in [0.3, 0.4) is 0 Å². The number of halogens is 1. The summed E-state index contributed by atoms with van der Waals surface area (Å²) in [7, 11) is 0. The van der Waals surface area contributed by atoms with E-state index in [4.69, 9.17) is 27.1 Å². The van der Waals surface area contributed by atoms with Gasteiger partial charge in [0.1, 0.15) is 6.33 Å². The molecule has 1 atom stereocenters. The van der Waals surface area contributed by atoms with Crippen LogP contribution in [0.2, 0.25) is 5.02 Å². The van der Waals surface area contributed by atoms with Crippen molar-refractivity contribution in [3.05, 3.63) is 52.6 Å². The molecule has 1 unspecified atom stereocenters. The number of hydrogen-bond donors (Lipinski definition) is 1. The second-order valence-corrected chi connectivity index (χ2v) is 8.55. The maximum absolute atomic E-state index is 13.3. The lowest BCUT2D eigenvalue weighted by Gasteiger charge is -2.31. The summed E-state index contributed by atoms with van der Waals surface area (Å²) >= 11 is 7.44. The van der Waals surface area contributed by atoms with Crippen LogP contribution in [0.4, 0.5) is 5.69 Å². The Morgan fingerprint density at radius 3 is 2.63 bits per heavy atom. The van der Waals surface area contributed by atoms with Crippen LogP contribution in [0.25, 0.3) is 0 Å². The van der Waals surface area contributed by atoms with E-state index in [1.165, 1.54) is 18.1 Å². The van der Waals surface area contributed by atoms with Gasteiger partial charge >= 0.3 is 0 Å². The van der Waals surface area contributed by atoms with E-state index in [1.54, 1.807) is 4.90 Å². The number of hydrogen-bond acceptors (Lipinski definition) is 7. The van der Waals surface area contributed by atoms with Crippen LogP contribution in [-0.2, 0) is 4.74 Å². The first-order valence-electron chi connectivity index (χ1n) is 9.95. The molecule has 3 heterocycles. The van der Waals surface area contributed by atoms with Crippen molar-refractivity contribution in [2.45, 2.75) is 31.2 Å². The van der Waals surface area contributed by atoms with Gasteiger partial charge in [-0.3, -0.25) is 14.7 Å². The van der Waals surface area contributed by atoms with Crippen LogP contribution >= 0.6 is 23.4 Å². The molecule has 0 spiro atoms. The highest BCUT2D eigenvalue weighted by Gasteiger charge is 2.31. The topological polar surface area (TPSA) is 93.7 Å². The van der Waals surface area contributed by atoms with Crippen molar-refractivity contribution in [2.24, 2.45) is 4.99 Å². The third kappa shape index (κ3) is 4.31. The molecule has 1 amide bonds. The van der Waals surface area contributed by atoms with Gasteiger partial charge in [0.2, 0.25) is 0 Å². The van der Waals surface area contributed by atoms with E-state index >= 15 is 0 Å². The van der Waals surface area contributed by atoms with E-state index in [-0.39, 0.29) is 23.6 Å². The Labute approximate surface area is 185 Å². The number of aromatic nitrogens is 2. The molecule has 158 valence electrons. The predicted molar refractivity (Wildman–Crippen MR) is 120 cm³/mol. The molecule has 30 heavy (non-hydrogen) atoms. The van der Waals surface area contributed by atoms with Gasteiger partial charge in [0, 0.05) is 30.7 Å². The molecule has 2 aliphatic heterocycles. The Bertz CT molecular complexity index is 947. The summed E-state index contributed by atoms with van der Waals surface area (Å²) in [6.45, 7) is 1.90. The standard InChI is InChI=1S/C21H24ClN5O2S/c1-30-21-26-16(13-2-4-15(22)5-3-13)6-9-27(21)20(28)19-17(23)18(24-12-25-19)14-7-10-29-11-8-14/h2-5,12,14,16H,6-11,23H2,1H3. The molecule has 0 saturated carbocycles. The van der Waals surface area contributed by atoms with Crippen molar-refractivity contribution in [2.75, 3.05) is 31.7 Å². The van der Waals surface area contributed by atoms with E-state index in [9.17, 15) is 4.79 Å². The molecule has 0 bridgehead atoms. The van der Waals surface area contributed by atoms with E-state index in [0.29, 0.717) is 35.6 Å². The van der Waals surface area contributed by atoms with E-state index in [0.717, 1.165) is 30.5 Å². The number of nitrogen functional groups attached to an aromatic ring is 1. The predicted octanol–water partition coefficient (Wildman–Crippen LogP) is 3.91. The van der Waals surface area contributed by atoms with Crippen molar-refractivity contribution in [3.63, 3.8) is 0 Å². The summed E-state index contributed by atoms with van der Waals surface area (Å²) in [4.78, 5) is 28.4. The van der Waals surface area contributed by atoms with Crippen LogP contribution in [0, 0.1) is 0 Å². The summed E-state index contributed by atoms with van der Waals surface area (Å²) in [6, 6.07) is 7.68. The van der Waals surface area contributed by atoms with E-state index in [1.807, 2.05) is 30.5 Å². The average Bonchev–Trinajstić information content (AvgIpc) is 2.79. The lowest BCUT2D eigenvalue weighted by Crippen LogP contribution is -2.40. The van der Waals surface area contributed by atoms with Gasteiger partial charge in [-0.2, -0.15) is 0 Å². The number of benzene rings is 1. The lowest BCUT2D eigenvalue weighted by atomic mass is 9.94. The summed E-state index contributed by atoms with van der Waals surface area (Å²) < 4.78 is 5.43. The maximum atomic E-state index is 13.3. The molecule has 2 aliphatic rings. The lowest BCUT2D eigenvalue weighted by molar-refractivity contribution is 0.0831. The van der Waals surface area contributed by atoms with Crippen LogP contribution in [0.1, 0.15) is 53.0 Å². The Morgan fingerprint density at radius 2 is 1.93 bits per heavy atom. The molecule has 1 saturated heterocycles. The van der Waals surface area contributed by atoms with Gasteiger partial charge in [0.25, 0.3) is 5.91 Å². The number of carbonyl (C=O) groups excluding carboxylic acids is 1. The fourth-order valence-electron chi connectivity index (χ4n) is 3.90. The molecule has 1 aromatic heterocycles. The average molecular weight is 446 g/mol. The number of aliphatic imine (C=N–C) groups is 1. The number of nitrogens with two attached hydrogens (primary N) is 1. The smallest absolute Gasteiger partial charge is 0.280 e. The van der Waals surface area contributed by atoms with Gasteiger partial charge in [0.05, 0.1) is 17.4 Å². The first-order valence-corrected chi connectivity index (χ1v) is 11.6.